The second kappa shape index (κ2) is 6.62. The number of aryl methyl sites for hydroxylation is 2. The zero-order valence-corrected chi connectivity index (χ0v) is 17.3. The van der Waals surface area contributed by atoms with Crippen LogP contribution in [0.3, 0.4) is 0 Å². The Morgan fingerprint density at radius 2 is 1.96 bits per heavy atom. The SMILES string of the molecule is CC(C)(O)c1csc([S@](N)(=O)=NC(=O)Nc2c3c(cc4c2CC4)CCC3)c1F. The highest BCUT2D eigenvalue weighted by Crippen LogP contribution is 2.40. The van der Waals surface area contributed by atoms with Crippen LogP contribution in [0.25, 0.3) is 0 Å². The predicted octanol–water partition coefficient (Wildman–Crippen LogP) is 3.63. The van der Waals surface area contributed by atoms with E-state index in [-0.39, 0.29) is 9.77 Å². The maximum Gasteiger partial charge on any atom is 0.354 e. The van der Waals surface area contributed by atoms with E-state index >= 15 is 0 Å². The molecule has 1 aromatic carbocycles. The zero-order valence-electron chi connectivity index (χ0n) is 15.7. The summed E-state index contributed by atoms with van der Waals surface area (Å²) in [4.78, 5) is 12.5. The highest BCUT2D eigenvalue weighted by molar-refractivity contribution is 7.93. The third-order valence-corrected chi connectivity index (χ3v) is 8.22. The van der Waals surface area contributed by atoms with E-state index in [0.717, 1.165) is 60.3 Å². The number of aliphatic hydroxyl groups is 1. The lowest BCUT2D eigenvalue weighted by molar-refractivity contribution is 0.0748. The topological polar surface area (TPSA) is 105 Å². The number of nitrogens with one attached hydrogen (secondary N) is 1. The van der Waals surface area contributed by atoms with Crippen LogP contribution in [0.2, 0.25) is 0 Å². The number of amides is 2. The van der Waals surface area contributed by atoms with Crippen molar-refractivity contribution in [2.75, 3.05) is 5.32 Å². The van der Waals surface area contributed by atoms with E-state index in [4.69, 9.17) is 5.14 Å². The van der Waals surface area contributed by atoms with Crippen molar-refractivity contribution < 1.29 is 18.5 Å². The number of hydrogen-bond donors (Lipinski definition) is 3. The van der Waals surface area contributed by atoms with Gasteiger partial charge in [0.15, 0.2) is 19.9 Å². The Kier molecular flexibility index (Phi) is 4.61. The van der Waals surface area contributed by atoms with E-state index in [2.05, 4.69) is 15.7 Å². The summed E-state index contributed by atoms with van der Waals surface area (Å²) < 4.78 is 30.6. The maximum atomic E-state index is 14.6. The van der Waals surface area contributed by atoms with Crippen LogP contribution in [-0.4, -0.2) is 15.3 Å². The monoisotopic (exact) mass is 423 g/mol. The quantitative estimate of drug-likeness (QED) is 0.702. The van der Waals surface area contributed by atoms with Crippen molar-refractivity contribution >= 4 is 33.0 Å². The number of urea groups is 1. The van der Waals surface area contributed by atoms with Gasteiger partial charge in [-0.3, -0.25) is 0 Å². The molecule has 2 aliphatic rings. The lowest BCUT2D eigenvalue weighted by Crippen LogP contribution is -2.22. The summed E-state index contributed by atoms with van der Waals surface area (Å²) in [7, 11) is -3.77. The molecule has 0 radical (unpaired) electrons. The summed E-state index contributed by atoms with van der Waals surface area (Å²) in [6, 6.07) is 1.36. The first-order valence-corrected chi connectivity index (χ1v) is 11.6. The van der Waals surface area contributed by atoms with Gasteiger partial charge in [0.1, 0.15) is 0 Å². The lowest BCUT2D eigenvalue weighted by atomic mass is 9.83. The van der Waals surface area contributed by atoms with Gasteiger partial charge in [0.25, 0.3) is 0 Å². The second-order valence-electron chi connectivity index (χ2n) is 7.78. The van der Waals surface area contributed by atoms with Gasteiger partial charge in [-0.1, -0.05) is 6.07 Å². The van der Waals surface area contributed by atoms with Crippen LogP contribution in [0.15, 0.2) is 20.0 Å². The first-order valence-electron chi connectivity index (χ1n) is 9.10. The Morgan fingerprint density at radius 1 is 1.29 bits per heavy atom. The molecule has 0 aliphatic heterocycles. The van der Waals surface area contributed by atoms with Crippen LogP contribution < -0.4 is 10.5 Å². The fourth-order valence-electron chi connectivity index (χ4n) is 3.82. The molecule has 9 heteroatoms. The molecule has 28 heavy (non-hydrogen) atoms. The predicted molar refractivity (Wildman–Crippen MR) is 107 cm³/mol. The summed E-state index contributed by atoms with van der Waals surface area (Å²) in [5, 5.41) is 19.8. The Bertz CT molecular complexity index is 1110. The molecule has 1 heterocycles. The molecule has 6 nitrogen and oxygen atoms in total. The minimum Gasteiger partial charge on any atom is -0.386 e. The molecule has 2 aliphatic carbocycles. The largest absolute Gasteiger partial charge is 0.386 e. The number of anilines is 1. The summed E-state index contributed by atoms with van der Waals surface area (Å²) in [5.41, 5.74) is 3.94. The van der Waals surface area contributed by atoms with Crippen LogP contribution in [-0.2, 0) is 41.2 Å². The van der Waals surface area contributed by atoms with E-state index in [1.54, 1.807) is 0 Å². The molecule has 0 spiro atoms. The number of halogens is 1. The number of benzene rings is 1. The molecule has 2 aromatic rings. The second-order valence-corrected chi connectivity index (χ2v) is 10.6. The van der Waals surface area contributed by atoms with Gasteiger partial charge in [0.2, 0.25) is 0 Å². The van der Waals surface area contributed by atoms with Crippen LogP contribution in [0.4, 0.5) is 14.9 Å². The smallest absolute Gasteiger partial charge is 0.354 e. The van der Waals surface area contributed by atoms with Crippen LogP contribution >= 0.6 is 11.3 Å². The Morgan fingerprint density at radius 3 is 2.57 bits per heavy atom. The molecule has 0 bridgehead atoms. The van der Waals surface area contributed by atoms with Gasteiger partial charge >= 0.3 is 6.03 Å². The third-order valence-electron chi connectivity index (χ3n) is 5.32. The van der Waals surface area contributed by atoms with Crippen molar-refractivity contribution in [2.45, 2.75) is 55.8 Å². The van der Waals surface area contributed by atoms with Gasteiger partial charge in [0.05, 0.1) is 5.60 Å². The van der Waals surface area contributed by atoms with Crippen molar-refractivity contribution in [1.29, 1.82) is 0 Å². The van der Waals surface area contributed by atoms with Gasteiger partial charge < -0.3 is 10.4 Å². The number of nitrogens with zero attached hydrogens (tertiary/aromatic N) is 1. The van der Waals surface area contributed by atoms with E-state index < -0.39 is 27.4 Å². The van der Waals surface area contributed by atoms with Crippen molar-refractivity contribution in [1.82, 2.24) is 0 Å². The van der Waals surface area contributed by atoms with Crippen LogP contribution in [0.5, 0.6) is 0 Å². The van der Waals surface area contributed by atoms with Gasteiger partial charge in [-0.05, 0) is 68.2 Å². The number of fused-ring (bicyclic) bond motifs is 2. The number of thiophene rings is 1. The van der Waals surface area contributed by atoms with E-state index in [1.807, 2.05) is 0 Å². The molecular weight excluding hydrogens is 401 g/mol. The first kappa shape index (κ1) is 19.5. The van der Waals surface area contributed by atoms with Gasteiger partial charge in [0, 0.05) is 16.6 Å². The molecule has 0 unspecified atom stereocenters. The van der Waals surface area contributed by atoms with E-state index in [1.165, 1.54) is 30.4 Å². The summed E-state index contributed by atoms with van der Waals surface area (Å²) in [6.45, 7) is 2.83. The number of carbonyl (C=O) groups is 1. The summed E-state index contributed by atoms with van der Waals surface area (Å²) in [6.07, 6.45) is 4.76. The Labute approximate surface area is 167 Å². The third kappa shape index (κ3) is 3.26. The molecule has 2 amide bonds. The van der Waals surface area contributed by atoms with Gasteiger partial charge in [-0.25, -0.2) is 18.5 Å². The molecule has 4 rings (SSSR count). The van der Waals surface area contributed by atoms with Gasteiger partial charge in [-0.15, -0.1) is 15.7 Å². The minimum absolute atomic E-state index is 0.0245. The molecule has 0 fully saturated rings. The highest BCUT2D eigenvalue weighted by Gasteiger charge is 2.30. The van der Waals surface area contributed by atoms with Crippen molar-refractivity contribution in [3.05, 3.63) is 45.1 Å². The number of carbonyl (C=O) groups excluding carboxylic acids is 1. The maximum absolute atomic E-state index is 14.6. The van der Waals surface area contributed by atoms with Gasteiger partial charge in [-0.2, -0.15) is 0 Å². The van der Waals surface area contributed by atoms with E-state index in [0.29, 0.717) is 0 Å². The van der Waals surface area contributed by atoms with Crippen molar-refractivity contribution in [2.24, 2.45) is 9.50 Å². The molecule has 4 N–H and O–H groups in total. The number of rotatable bonds is 3. The average molecular weight is 424 g/mol. The minimum atomic E-state index is -3.77. The molecule has 150 valence electrons. The molecule has 1 atom stereocenters. The molecular formula is C19H22FN3O3S2. The molecule has 0 saturated carbocycles. The van der Waals surface area contributed by atoms with Crippen molar-refractivity contribution in [3.63, 3.8) is 0 Å². The fraction of sp³-hybridized carbons (Fsp3) is 0.421. The molecule has 1 aromatic heterocycles. The molecule has 0 saturated heterocycles. The summed E-state index contributed by atoms with van der Waals surface area (Å²) >= 11 is 0.786. The zero-order chi connectivity index (χ0) is 20.3. The lowest BCUT2D eigenvalue weighted by Gasteiger charge is -2.25. The van der Waals surface area contributed by atoms with E-state index in [9.17, 15) is 18.5 Å². The summed E-state index contributed by atoms with van der Waals surface area (Å²) in [5.74, 6) is -0.883. The number of hydrogen-bond acceptors (Lipinski definition) is 4. The number of nitrogens with two attached hydrogens (primary N) is 1. The average Bonchev–Trinajstić information content (AvgIpc) is 3.15. The first-order chi connectivity index (χ1) is 13.1. The fourth-order valence-corrected chi connectivity index (χ4v) is 6.20. The van der Waals surface area contributed by atoms with Crippen LogP contribution in [0.1, 0.15) is 48.1 Å². The Hall–Kier alpha value is -1.81. The van der Waals surface area contributed by atoms with Crippen LogP contribution in [0, 0.1) is 5.82 Å². The highest BCUT2D eigenvalue weighted by atomic mass is 32.2. The standard InChI is InChI=1S/C19H22FN3O3S2/c1-19(2,25)14-9-27-17(15(14)20)28(21,26)23-18(24)22-16-12-5-3-4-10(12)8-11-6-7-13(11)16/h8-9,25H,3-7H2,1-2H3,(H3,21,22,23,24,26)/t28-/m1/s1. The normalized spacial score (nSPS) is 17.3. The van der Waals surface area contributed by atoms with Crippen molar-refractivity contribution in [3.8, 4) is 0 Å². The Balaban J connectivity index is 1.67.